The van der Waals surface area contributed by atoms with Gasteiger partial charge in [-0.25, -0.2) is 8.42 Å². The highest BCUT2D eigenvalue weighted by Crippen LogP contribution is 2.32. The highest BCUT2D eigenvalue weighted by atomic mass is 35.5. The number of sulfonamides is 1. The number of nitrogens with zero attached hydrogens (tertiary/aromatic N) is 2. The molecule has 12 heteroatoms. The van der Waals surface area contributed by atoms with Gasteiger partial charge in [-0.05, 0) is 66.9 Å². The van der Waals surface area contributed by atoms with Gasteiger partial charge in [0.2, 0.25) is 11.8 Å². The Morgan fingerprint density at radius 2 is 1.56 bits per heavy atom. The summed E-state index contributed by atoms with van der Waals surface area (Å²) in [6.07, 6.45) is 1.81. The van der Waals surface area contributed by atoms with Crippen LogP contribution in [0.1, 0.15) is 36.5 Å². The van der Waals surface area contributed by atoms with Crippen molar-refractivity contribution in [1.29, 1.82) is 0 Å². The summed E-state index contributed by atoms with van der Waals surface area (Å²) in [6.45, 7) is 3.61. The second-order valence-electron chi connectivity index (χ2n) is 11.3. The SMILES string of the molecule is CCCCNC(=O)C(Cc1ccccc1)N(Cc1ccc(Cl)c(Cl)c1)C(=O)CN(c1ccc(OC)c(Cl)c1)S(=O)(=O)c1ccc(C)cc1. The first kappa shape index (κ1) is 37.1. The molecule has 2 amide bonds. The van der Waals surface area contributed by atoms with Gasteiger partial charge in [-0.1, -0.05) is 102 Å². The Morgan fingerprint density at radius 1 is 0.854 bits per heavy atom. The molecule has 0 saturated carbocycles. The summed E-state index contributed by atoms with van der Waals surface area (Å²) in [4.78, 5) is 29.9. The number of rotatable bonds is 15. The first-order valence-electron chi connectivity index (χ1n) is 15.4. The number of aryl methyl sites for hydroxylation is 1. The molecule has 8 nitrogen and oxygen atoms in total. The number of hydrogen-bond donors (Lipinski definition) is 1. The molecule has 0 radical (unpaired) electrons. The van der Waals surface area contributed by atoms with Crippen molar-refractivity contribution in [3.63, 3.8) is 0 Å². The minimum Gasteiger partial charge on any atom is -0.495 e. The normalized spacial score (nSPS) is 11.9. The first-order valence-corrected chi connectivity index (χ1v) is 18.0. The minimum absolute atomic E-state index is 0.0120. The molecule has 0 bridgehead atoms. The van der Waals surface area contributed by atoms with Crippen LogP contribution in [0, 0.1) is 6.92 Å². The Morgan fingerprint density at radius 3 is 2.19 bits per heavy atom. The molecule has 1 unspecified atom stereocenters. The van der Waals surface area contributed by atoms with Gasteiger partial charge in [-0.15, -0.1) is 0 Å². The average molecular weight is 731 g/mol. The van der Waals surface area contributed by atoms with Crippen LogP contribution in [0.15, 0.2) is 95.9 Å². The third-order valence-electron chi connectivity index (χ3n) is 7.75. The van der Waals surface area contributed by atoms with Crippen molar-refractivity contribution in [2.45, 2.75) is 50.6 Å². The Kier molecular flexibility index (Phi) is 13.2. The summed E-state index contributed by atoms with van der Waals surface area (Å²) in [7, 11) is -2.85. The number of carbonyl (C=O) groups is 2. The maximum absolute atomic E-state index is 14.6. The van der Waals surface area contributed by atoms with Gasteiger partial charge in [0.05, 0.1) is 32.8 Å². The summed E-state index contributed by atoms with van der Waals surface area (Å²) in [5.74, 6) is -0.635. The van der Waals surface area contributed by atoms with E-state index in [9.17, 15) is 18.0 Å². The lowest BCUT2D eigenvalue weighted by Crippen LogP contribution is -2.53. The average Bonchev–Trinajstić information content (AvgIpc) is 3.07. The van der Waals surface area contributed by atoms with Crippen molar-refractivity contribution >= 4 is 62.3 Å². The summed E-state index contributed by atoms with van der Waals surface area (Å²) in [5.41, 5.74) is 2.45. The van der Waals surface area contributed by atoms with Crippen molar-refractivity contribution in [3.05, 3.63) is 123 Å². The summed E-state index contributed by atoms with van der Waals surface area (Å²) in [6, 6.07) is 24.1. The van der Waals surface area contributed by atoms with Crippen molar-refractivity contribution in [2.75, 3.05) is 24.5 Å². The molecule has 1 atom stereocenters. The second-order valence-corrected chi connectivity index (χ2v) is 14.3. The van der Waals surface area contributed by atoms with Crippen LogP contribution in [-0.2, 0) is 32.6 Å². The van der Waals surface area contributed by atoms with Gasteiger partial charge >= 0.3 is 0 Å². The molecule has 4 aromatic rings. The van der Waals surface area contributed by atoms with E-state index in [4.69, 9.17) is 39.5 Å². The van der Waals surface area contributed by atoms with Crippen LogP contribution in [0.4, 0.5) is 5.69 Å². The number of halogens is 3. The lowest BCUT2D eigenvalue weighted by atomic mass is 10.0. The highest BCUT2D eigenvalue weighted by Gasteiger charge is 2.35. The van der Waals surface area contributed by atoms with E-state index in [1.54, 1.807) is 30.3 Å². The molecular weight excluding hydrogens is 693 g/mol. The van der Waals surface area contributed by atoms with E-state index < -0.39 is 28.5 Å². The van der Waals surface area contributed by atoms with Crippen LogP contribution in [0.25, 0.3) is 0 Å². The fourth-order valence-corrected chi connectivity index (χ4v) is 7.05. The predicted octanol–water partition coefficient (Wildman–Crippen LogP) is 7.72. The number of methoxy groups -OCH3 is 1. The number of unbranched alkanes of at least 4 members (excludes halogenated alkanes) is 1. The van der Waals surface area contributed by atoms with Gasteiger partial charge in [0, 0.05) is 19.5 Å². The number of ether oxygens (including phenoxy) is 1. The molecule has 1 N–H and O–H groups in total. The molecule has 4 rings (SSSR count). The molecule has 0 aromatic heterocycles. The smallest absolute Gasteiger partial charge is 0.264 e. The lowest BCUT2D eigenvalue weighted by molar-refractivity contribution is -0.140. The standard InChI is InChI=1S/C36H38Cl3N3O5S/c1-4-5-19-40-36(44)33(21-26-9-7-6-8-10-26)41(23-27-13-17-30(37)31(38)20-27)35(43)24-42(28-14-18-34(47-3)32(39)22-28)48(45,46)29-15-11-25(2)12-16-29/h6-18,20,22,33H,4-5,19,21,23-24H2,1-3H3,(H,40,44). The number of hydrogen-bond acceptors (Lipinski definition) is 5. The minimum atomic E-state index is -4.30. The summed E-state index contributed by atoms with van der Waals surface area (Å²) in [5, 5.41) is 3.75. The number of anilines is 1. The summed E-state index contributed by atoms with van der Waals surface area (Å²) < 4.78 is 34.8. The fraction of sp³-hybridized carbons (Fsp3) is 0.278. The van der Waals surface area contributed by atoms with Gasteiger partial charge < -0.3 is 15.0 Å². The van der Waals surface area contributed by atoms with E-state index in [2.05, 4.69) is 5.32 Å². The zero-order valence-corrected chi connectivity index (χ0v) is 30.0. The Hall–Kier alpha value is -3.76. The number of carbonyl (C=O) groups excluding carboxylic acids is 2. The van der Waals surface area contributed by atoms with Crippen molar-refractivity contribution in [3.8, 4) is 5.75 Å². The molecule has 0 aliphatic rings. The second kappa shape index (κ2) is 17.1. The van der Waals surface area contributed by atoms with E-state index in [-0.39, 0.29) is 39.5 Å². The van der Waals surface area contributed by atoms with Gasteiger partial charge in [0.1, 0.15) is 18.3 Å². The van der Waals surface area contributed by atoms with Gasteiger partial charge in [0.25, 0.3) is 10.0 Å². The third kappa shape index (κ3) is 9.44. The van der Waals surface area contributed by atoms with Crippen molar-refractivity contribution < 1.29 is 22.7 Å². The Bertz CT molecular complexity index is 1820. The van der Waals surface area contributed by atoms with Crippen LogP contribution in [0.3, 0.4) is 0 Å². The quantitative estimate of drug-likeness (QED) is 0.127. The van der Waals surface area contributed by atoms with Crippen LogP contribution >= 0.6 is 34.8 Å². The van der Waals surface area contributed by atoms with Gasteiger partial charge in [0.15, 0.2) is 0 Å². The van der Waals surface area contributed by atoms with Crippen LogP contribution in [0.2, 0.25) is 15.1 Å². The maximum atomic E-state index is 14.6. The highest BCUT2D eigenvalue weighted by molar-refractivity contribution is 7.92. The van der Waals surface area contributed by atoms with Crippen LogP contribution < -0.4 is 14.4 Å². The molecule has 254 valence electrons. The van der Waals surface area contributed by atoms with Gasteiger partial charge in [-0.2, -0.15) is 0 Å². The fourth-order valence-electron chi connectivity index (χ4n) is 5.07. The Balaban J connectivity index is 1.83. The maximum Gasteiger partial charge on any atom is 0.264 e. The molecule has 0 saturated heterocycles. The topological polar surface area (TPSA) is 96.0 Å². The molecule has 0 fully saturated rings. The van der Waals surface area contributed by atoms with E-state index >= 15 is 0 Å². The van der Waals surface area contributed by atoms with E-state index in [0.29, 0.717) is 22.9 Å². The number of amides is 2. The number of nitrogens with one attached hydrogen (secondary N) is 1. The van der Waals surface area contributed by atoms with Crippen molar-refractivity contribution in [1.82, 2.24) is 10.2 Å². The van der Waals surface area contributed by atoms with E-state index in [0.717, 1.165) is 28.3 Å². The molecule has 0 spiro atoms. The zero-order chi connectivity index (χ0) is 34.8. The monoisotopic (exact) mass is 729 g/mol. The molecule has 0 aliphatic heterocycles. The number of benzene rings is 4. The van der Waals surface area contributed by atoms with E-state index in [1.165, 1.54) is 42.3 Å². The Labute approximate surface area is 297 Å². The predicted molar refractivity (Wildman–Crippen MR) is 193 cm³/mol. The van der Waals surface area contributed by atoms with Crippen LogP contribution in [-0.4, -0.2) is 51.4 Å². The third-order valence-corrected chi connectivity index (χ3v) is 10.6. The summed E-state index contributed by atoms with van der Waals surface area (Å²) >= 11 is 19.0. The molecule has 0 aliphatic carbocycles. The molecule has 0 heterocycles. The molecule has 4 aromatic carbocycles. The zero-order valence-electron chi connectivity index (χ0n) is 27.0. The molecule has 48 heavy (non-hydrogen) atoms. The molecular formula is C36H38Cl3N3O5S. The van der Waals surface area contributed by atoms with Crippen LogP contribution in [0.5, 0.6) is 5.75 Å². The largest absolute Gasteiger partial charge is 0.495 e. The van der Waals surface area contributed by atoms with Gasteiger partial charge in [-0.3, -0.25) is 13.9 Å². The van der Waals surface area contributed by atoms with Crippen molar-refractivity contribution in [2.24, 2.45) is 0 Å². The lowest BCUT2D eigenvalue weighted by Gasteiger charge is -2.34. The van der Waals surface area contributed by atoms with E-state index in [1.807, 2.05) is 44.2 Å². The first-order chi connectivity index (χ1) is 22.9.